The maximum absolute atomic E-state index is 12.7. The van der Waals surface area contributed by atoms with Gasteiger partial charge in [0.1, 0.15) is 11.6 Å². The van der Waals surface area contributed by atoms with Crippen LogP contribution in [-0.4, -0.2) is 34.7 Å². The van der Waals surface area contributed by atoms with Crippen LogP contribution in [0.3, 0.4) is 0 Å². The first-order valence-corrected chi connectivity index (χ1v) is 7.54. The molecule has 0 saturated heterocycles. The number of aromatic nitrogens is 3. The smallest absolute Gasteiger partial charge is 0.383 e. The van der Waals surface area contributed by atoms with Crippen molar-refractivity contribution in [1.29, 1.82) is 0 Å². The maximum Gasteiger partial charge on any atom is 0.391 e. The van der Waals surface area contributed by atoms with E-state index < -0.39 is 12.1 Å². The summed E-state index contributed by atoms with van der Waals surface area (Å²) in [6.07, 6.45) is -2.81. The van der Waals surface area contributed by atoms with Gasteiger partial charge in [0.15, 0.2) is 0 Å². The molecule has 1 aliphatic carbocycles. The van der Waals surface area contributed by atoms with E-state index in [0.29, 0.717) is 31.8 Å². The van der Waals surface area contributed by atoms with Gasteiger partial charge in [0, 0.05) is 19.6 Å². The van der Waals surface area contributed by atoms with Crippen molar-refractivity contribution < 1.29 is 17.9 Å². The van der Waals surface area contributed by atoms with Gasteiger partial charge in [-0.05, 0) is 25.7 Å². The summed E-state index contributed by atoms with van der Waals surface area (Å²) in [5.41, 5.74) is 0. The first-order chi connectivity index (χ1) is 9.97. The van der Waals surface area contributed by atoms with E-state index in [0.717, 1.165) is 5.82 Å². The third-order valence-corrected chi connectivity index (χ3v) is 4.29. The Labute approximate surface area is 126 Å². The van der Waals surface area contributed by atoms with E-state index in [1.807, 2.05) is 4.57 Å². The second kappa shape index (κ2) is 6.96. The van der Waals surface area contributed by atoms with Crippen molar-refractivity contribution in [2.75, 3.05) is 13.7 Å². The third-order valence-electron chi connectivity index (χ3n) is 4.05. The zero-order chi connectivity index (χ0) is 15.5. The normalized spacial score (nSPS) is 23.5. The van der Waals surface area contributed by atoms with Gasteiger partial charge in [0.25, 0.3) is 0 Å². The van der Waals surface area contributed by atoms with Crippen molar-refractivity contribution in [2.24, 2.45) is 5.92 Å². The Balaban J connectivity index is 2.07. The minimum absolute atomic E-state index is 0.0184. The van der Waals surface area contributed by atoms with Crippen LogP contribution in [0.1, 0.15) is 43.3 Å². The largest absolute Gasteiger partial charge is 0.391 e. The van der Waals surface area contributed by atoms with Crippen LogP contribution in [0.5, 0.6) is 0 Å². The zero-order valence-electron chi connectivity index (χ0n) is 11.9. The van der Waals surface area contributed by atoms with Crippen LogP contribution in [0.15, 0.2) is 0 Å². The van der Waals surface area contributed by atoms with E-state index in [9.17, 15) is 13.2 Å². The number of methoxy groups -OCH3 is 1. The Morgan fingerprint density at radius 3 is 2.43 bits per heavy atom. The number of halogens is 4. The molecule has 0 atom stereocenters. The molecule has 0 spiro atoms. The lowest BCUT2D eigenvalue weighted by molar-refractivity contribution is -0.182. The van der Waals surface area contributed by atoms with Gasteiger partial charge in [0.2, 0.25) is 0 Å². The highest BCUT2D eigenvalue weighted by Gasteiger charge is 2.42. The average molecular weight is 326 g/mol. The predicted octanol–water partition coefficient (Wildman–Crippen LogP) is 3.50. The fourth-order valence-electron chi connectivity index (χ4n) is 2.86. The molecule has 2 rings (SSSR count). The maximum atomic E-state index is 12.7. The van der Waals surface area contributed by atoms with Gasteiger partial charge in [0.05, 0.1) is 18.4 Å². The van der Waals surface area contributed by atoms with E-state index in [2.05, 4.69) is 10.2 Å². The first kappa shape index (κ1) is 16.5. The molecule has 1 aromatic rings. The molecular weight excluding hydrogens is 307 g/mol. The molecule has 21 heavy (non-hydrogen) atoms. The van der Waals surface area contributed by atoms with Gasteiger partial charge in [-0.25, -0.2) is 0 Å². The summed E-state index contributed by atoms with van der Waals surface area (Å²) in [4.78, 5) is 0. The minimum Gasteiger partial charge on any atom is -0.383 e. The van der Waals surface area contributed by atoms with Crippen LogP contribution in [-0.2, 0) is 17.2 Å². The Morgan fingerprint density at radius 2 is 1.90 bits per heavy atom. The predicted molar refractivity (Wildman–Crippen MR) is 72.2 cm³/mol. The Morgan fingerprint density at radius 1 is 1.24 bits per heavy atom. The molecule has 4 nitrogen and oxygen atoms in total. The van der Waals surface area contributed by atoms with E-state index in [-0.39, 0.29) is 24.6 Å². The molecule has 1 heterocycles. The molecule has 0 unspecified atom stereocenters. The topological polar surface area (TPSA) is 39.9 Å². The summed E-state index contributed by atoms with van der Waals surface area (Å²) in [5, 5.41) is 8.18. The Bertz CT molecular complexity index is 456. The van der Waals surface area contributed by atoms with Crippen molar-refractivity contribution >= 4 is 11.6 Å². The van der Waals surface area contributed by atoms with E-state index in [1.54, 1.807) is 7.11 Å². The molecule has 8 heteroatoms. The van der Waals surface area contributed by atoms with Crippen molar-refractivity contribution in [3.63, 3.8) is 0 Å². The summed E-state index contributed by atoms with van der Waals surface area (Å²) < 4.78 is 45.1. The number of hydrogen-bond acceptors (Lipinski definition) is 3. The van der Waals surface area contributed by atoms with E-state index >= 15 is 0 Å². The summed E-state index contributed by atoms with van der Waals surface area (Å²) >= 11 is 5.83. The van der Waals surface area contributed by atoms with Gasteiger partial charge < -0.3 is 9.30 Å². The molecule has 1 saturated carbocycles. The Hall–Kier alpha value is -0.820. The SMILES string of the molecule is COCCn1c(CCl)nnc1C1CCC(C(F)(F)F)CC1. The fourth-order valence-corrected chi connectivity index (χ4v) is 3.05. The van der Waals surface area contributed by atoms with Crippen LogP contribution in [0.25, 0.3) is 0 Å². The number of alkyl halides is 4. The van der Waals surface area contributed by atoms with Crippen molar-refractivity contribution in [3.8, 4) is 0 Å². The summed E-state index contributed by atoms with van der Waals surface area (Å²) in [6.45, 7) is 1.06. The standard InChI is InChI=1S/C13H19ClF3N3O/c1-21-7-6-20-11(8-14)18-19-12(20)9-2-4-10(5-3-9)13(15,16)17/h9-10H,2-8H2,1H3. The molecule has 0 aliphatic heterocycles. The van der Waals surface area contributed by atoms with Crippen molar-refractivity contribution in [2.45, 2.75) is 50.2 Å². The van der Waals surface area contributed by atoms with E-state index in [1.165, 1.54) is 0 Å². The third kappa shape index (κ3) is 3.88. The van der Waals surface area contributed by atoms with Crippen LogP contribution in [0.2, 0.25) is 0 Å². The van der Waals surface area contributed by atoms with E-state index in [4.69, 9.17) is 16.3 Å². The van der Waals surface area contributed by atoms with Gasteiger partial charge in [-0.2, -0.15) is 13.2 Å². The molecule has 0 aromatic carbocycles. The van der Waals surface area contributed by atoms with Gasteiger partial charge in [-0.1, -0.05) is 0 Å². The minimum atomic E-state index is -4.09. The molecular formula is C13H19ClF3N3O. The summed E-state index contributed by atoms with van der Waals surface area (Å²) in [5.74, 6) is 0.445. The monoisotopic (exact) mass is 325 g/mol. The lowest BCUT2D eigenvalue weighted by Crippen LogP contribution is -2.28. The number of nitrogens with zero attached hydrogens (tertiary/aromatic N) is 3. The second-order valence-electron chi connectivity index (χ2n) is 5.34. The van der Waals surface area contributed by atoms with Crippen LogP contribution in [0, 0.1) is 5.92 Å². The molecule has 0 radical (unpaired) electrons. The first-order valence-electron chi connectivity index (χ1n) is 7.01. The molecule has 0 N–H and O–H groups in total. The fraction of sp³-hybridized carbons (Fsp3) is 0.846. The quantitative estimate of drug-likeness (QED) is 0.778. The van der Waals surface area contributed by atoms with Gasteiger partial charge in [-0.3, -0.25) is 0 Å². The van der Waals surface area contributed by atoms with Gasteiger partial charge in [-0.15, -0.1) is 21.8 Å². The average Bonchev–Trinajstić information content (AvgIpc) is 2.87. The molecule has 120 valence electrons. The highest BCUT2D eigenvalue weighted by Crippen LogP contribution is 2.42. The highest BCUT2D eigenvalue weighted by atomic mass is 35.5. The molecule has 0 amide bonds. The zero-order valence-corrected chi connectivity index (χ0v) is 12.6. The Kier molecular flexibility index (Phi) is 5.48. The molecule has 0 bridgehead atoms. The lowest BCUT2D eigenvalue weighted by Gasteiger charge is -2.29. The number of rotatable bonds is 5. The highest BCUT2D eigenvalue weighted by molar-refractivity contribution is 6.16. The molecule has 1 aromatic heterocycles. The number of hydrogen-bond donors (Lipinski definition) is 0. The van der Waals surface area contributed by atoms with Crippen LogP contribution < -0.4 is 0 Å². The lowest BCUT2D eigenvalue weighted by atomic mass is 9.81. The molecule has 1 fully saturated rings. The number of ether oxygens (including phenoxy) is 1. The molecule has 1 aliphatic rings. The van der Waals surface area contributed by atoms with Crippen molar-refractivity contribution in [1.82, 2.24) is 14.8 Å². The summed E-state index contributed by atoms with van der Waals surface area (Å²) in [6, 6.07) is 0. The summed E-state index contributed by atoms with van der Waals surface area (Å²) in [7, 11) is 1.60. The second-order valence-corrected chi connectivity index (χ2v) is 5.61. The van der Waals surface area contributed by atoms with Crippen molar-refractivity contribution in [3.05, 3.63) is 11.6 Å². The van der Waals surface area contributed by atoms with Gasteiger partial charge >= 0.3 is 6.18 Å². The van der Waals surface area contributed by atoms with Crippen LogP contribution in [0.4, 0.5) is 13.2 Å². The van der Waals surface area contributed by atoms with Crippen LogP contribution >= 0.6 is 11.6 Å².